The van der Waals surface area contributed by atoms with Gasteiger partial charge in [0.1, 0.15) is 0 Å². The van der Waals surface area contributed by atoms with E-state index < -0.39 is 5.97 Å². The second-order valence-electron chi connectivity index (χ2n) is 6.64. The highest BCUT2D eigenvalue weighted by molar-refractivity contribution is 5.86. The third-order valence-electron chi connectivity index (χ3n) is 4.54. The lowest BCUT2D eigenvalue weighted by atomic mass is 9.86. The number of nitrogens with zero attached hydrogens (tertiary/aromatic N) is 3. The van der Waals surface area contributed by atoms with Crippen LogP contribution in [0.15, 0.2) is 12.1 Å². The first-order valence-electron chi connectivity index (χ1n) is 8.17. The summed E-state index contributed by atoms with van der Waals surface area (Å²) in [7, 11) is 0. The molecule has 1 aliphatic carbocycles. The Labute approximate surface area is 130 Å². The Balaban J connectivity index is 1.98. The van der Waals surface area contributed by atoms with Gasteiger partial charge in [-0.2, -0.15) is 5.10 Å². The Bertz CT molecular complexity index is 685. The molecule has 0 bridgehead atoms. The van der Waals surface area contributed by atoms with Crippen LogP contribution >= 0.6 is 0 Å². The van der Waals surface area contributed by atoms with Gasteiger partial charge >= 0.3 is 5.97 Å². The maximum absolute atomic E-state index is 11.1. The Morgan fingerprint density at radius 3 is 2.68 bits per heavy atom. The van der Waals surface area contributed by atoms with Crippen LogP contribution in [0.25, 0.3) is 5.65 Å². The van der Waals surface area contributed by atoms with Gasteiger partial charge in [-0.25, -0.2) is 14.3 Å². The second-order valence-corrected chi connectivity index (χ2v) is 6.64. The summed E-state index contributed by atoms with van der Waals surface area (Å²) in [6, 6.07) is 3.67. The first kappa shape index (κ1) is 15.0. The molecule has 22 heavy (non-hydrogen) atoms. The fraction of sp³-hybridized carbons (Fsp3) is 0.588. The van der Waals surface area contributed by atoms with Gasteiger partial charge in [0.05, 0.1) is 0 Å². The molecule has 2 aromatic heterocycles. The summed E-state index contributed by atoms with van der Waals surface area (Å²) in [4.78, 5) is 15.8. The first-order valence-corrected chi connectivity index (χ1v) is 8.17. The van der Waals surface area contributed by atoms with Crippen molar-refractivity contribution in [2.24, 2.45) is 5.92 Å². The van der Waals surface area contributed by atoms with Crippen molar-refractivity contribution >= 4 is 11.6 Å². The zero-order chi connectivity index (χ0) is 15.7. The topological polar surface area (TPSA) is 67.5 Å². The molecule has 0 radical (unpaired) electrons. The highest BCUT2D eigenvalue weighted by Gasteiger charge is 2.18. The summed E-state index contributed by atoms with van der Waals surface area (Å²) in [5, 5.41) is 13.3. The van der Waals surface area contributed by atoms with Crippen LogP contribution in [0.5, 0.6) is 0 Å². The Hall–Kier alpha value is -1.91. The molecular formula is C17H23N3O2. The molecule has 5 nitrogen and oxygen atoms in total. The lowest BCUT2D eigenvalue weighted by molar-refractivity contribution is 0.0690. The Morgan fingerprint density at radius 1 is 1.32 bits per heavy atom. The van der Waals surface area contributed by atoms with Crippen molar-refractivity contribution in [3.8, 4) is 0 Å². The molecule has 0 saturated heterocycles. The van der Waals surface area contributed by atoms with Gasteiger partial charge in [-0.15, -0.1) is 0 Å². The van der Waals surface area contributed by atoms with E-state index in [1.807, 2.05) is 0 Å². The summed E-state index contributed by atoms with van der Waals surface area (Å²) >= 11 is 0. The van der Waals surface area contributed by atoms with Gasteiger partial charge in [-0.05, 0) is 24.3 Å². The summed E-state index contributed by atoms with van der Waals surface area (Å²) < 4.78 is 1.68. The number of carboxylic acid groups (broad SMARTS) is 1. The molecule has 0 amide bonds. The Morgan fingerprint density at radius 2 is 2.05 bits per heavy atom. The maximum Gasteiger partial charge on any atom is 0.356 e. The van der Waals surface area contributed by atoms with Crippen molar-refractivity contribution in [2.45, 2.75) is 58.3 Å². The molecule has 0 aliphatic heterocycles. The molecule has 0 aromatic carbocycles. The van der Waals surface area contributed by atoms with Gasteiger partial charge in [0.25, 0.3) is 0 Å². The fourth-order valence-electron chi connectivity index (χ4n) is 3.36. The number of aromatic carboxylic acids is 1. The molecule has 2 heterocycles. The molecular weight excluding hydrogens is 278 g/mol. The third-order valence-corrected chi connectivity index (χ3v) is 4.54. The van der Waals surface area contributed by atoms with Crippen molar-refractivity contribution in [1.82, 2.24) is 14.6 Å². The van der Waals surface area contributed by atoms with E-state index in [-0.39, 0.29) is 11.6 Å². The highest BCUT2D eigenvalue weighted by Crippen LogP contribution is 2.27. The van der Waals surface area contributed by atoms with Crippen molar-refractivity contribution in [2.75, 3.05) is 0 Å². The van der Waals surface area contributed by atoms with Crippen LogP contribution in [0.2, 0.25) is 0 Å². The molecule has 2 aromatic rings. The number of carboxylic acids is 1. The maximum atomic E-state index is 11.1. The molecule has 0 unspecified atom stereocenters. The van der Waals surface area contributed by atoms with Crippen molar-refractivity contribution in [3.63, 3.8) is 0 Å². The Kier molecular flexibility index (Phi) is 4.14. The van der Waals surface area contributed by atoms with Crippen LogP contribution in [0.3, 0.4) is 0 Å². The molecule has 5 heteroatoms. The largest absolute Gasteiger partial charge is 0.476 e. The van der Waals surface area contributed by atoms with Crippen LogP contribution in [-0.4, -0.2) is 25.7 Å². The third kappa shape index (κ3) is 2.98. The number of aromatic nitrogens is 3. The normalized spacial score (nSPS) is 16.5. The lowest BCUT2D eigenvalue weighted by Crippen LogP contribution is -2.12. The number of hydrogen-bond acceptors (Lipinski definition) is 3. The molecule has 3 rings (SSSR count). The van der Waals surface area contributed by atoms with E-state index in [1.54, 1.807) is 10.6 Å². The minimum atomic E-state index is -1.01. The second kappa shape index (κ2) is 6.07. The fourth-order valence-corrected chi connectivity index (χ4v) is 3.36. The highest BCUT2D eigenvalue weighted by atomic mass is 16.4. The smallest absolute Gasteiger partial charge is 0.356 e. The average molecular weight is 301 g/mol. The predicted molar refractivity (Wildman–Crippen MR) is 84.3 cm³/mol. The van der Waals surface area contributed by atoms with Crippen LogP contribution < -0.4 is 0 Å². The molecule has 0 spiro atoms. The van der Waals surface area contributed by atoms with Gasteiger partial charge in [-0.3, -0.25) is 0 Å². The van der Waals surface area contributed by atoms with Gasteiger partial charge in [0.15, 0.2) is 11.3 Å². The number of rotatable bonds is 4. The van der Waals surface area contributed by atoms with Crippen molar-refractivity contribution in [3.05, 3.63) is 29.2 Å². The zero-order valence-corrected chi connectivity index (χ0v) is 13.2. The van der Waals surface area contributed by atoms with E-state index in [0.29, 0.717) is 11.6 Å². The van der Waals surface area contributed by atoms with E-state index in [1.165, 1.54) is 32.1 Å². The van der Waals surface area contributed by atoms with Crippen LogP contribution in [0, 0.1) is 5.92 Å². The predicted octanol–water partition coefficient (Wildman–Crippen LogP) is 3.67. The quantitative estimate of drug-likeness (QED) is 0.935. The number of hydrogen-bond donors (Lipinski definition) is 1. The SMILES string of the molecule is CC(C)c1cc(CC2CCCCC2)nc2cc(C(=O)O)nn12. The minimum absolute atomic E-state index is 0.0595. The van der Waals surface area contributed by atoms with E-state index in [9.17, 15) is 4.79 Å². The van der Waals surface area contributed by atoms with Gasteiger partial charge in [0.2, 0.25) is 0 Å². The van der Waals surface area contributed by atoms with Gasteiger partial charge in [-0.1, -0.05) is 46.0 Å². The van der Waals surface area contributed by atoms with Crippen LogP contribution in [0.4, 0.5) is 0 Å². The summed E-state index contributed by atoms with van der Waals surface area (Å²) in [6.07, 6.45) is 7.54. The number of fused-ring (bicyclic) bond motifs is 1. The molecule has 1 N–H and O–H groups in total. The first-order chi connectivity index (χ1) is 10.5. The summed E-state index contributed by atoms with van der Waals surface area (Å²) in [6.45, 7) is 4.20. The van der Waals surface area contributed by atoms with E-state index in [0.717, 1.165) is 17.8 Å². The van der Waals surface area contributed by atoms with Crippen LogP contribution in [0.1, 0.15) is 73.7 Å². The standard InChI is InChI=1S/C17H23N3O2/c1-11(2)15-9-13(8-12-6-4-3-5-7-12)18-16-10-14(17(21)22)19-20(15)16/h9-12H,3-8H2,1-2H3,(H,21,22). The lowest BCUT2D eigenvalue weighted by Gasteiger charge is -2.21. The van der Waals surface area contributed by atoms with Gasteiger partial charge in [0, 0.05) is 17.5 Å². The average Bonchev–Trinajstić information content (AvgIpc) is 2.91. The van der Waals surface area contributed by atoms with Crippen molar-refractivity contribution < 1.29 is 9.90 Å². The van der Waals surface area contributed by atoms with Crippen molar-refractivity contribution in [1.29, 1.82) is 0 Å². The molecule has 1 fully saturated rings. The summed E-state index contributed by atoms with van der Waals surface area (Å²) in [5.41, 5.74) is 2.81. The molecule has 1 saturated carbocycles. The molecule has 118 valence electrons. The van der Waals surface area contributed by atoms with Crippen LogP contribution in [-0.2, 0) is 6.42 Å². The minimum Gasteiger partial charge on any atom is -0.476 e. The zero-order valence-electron chi connectivity index (χ0n) is 13.2. The van der Waals surface area contributed by atoms with Gasteiger partial charge < -0.3 is 5.11 Å². The monoisotopic (exact) mass is 301 g/mol. The molecule has 0 atom stereocenters. The number of carbonyl (C=O) groups is 1. The summed E-state index contributed by atoms with van der Waals surface area (Å²) in [5.74, 6) is -0.0169. The van der Waals surface area contributed by atoms with E-state index in [4.69, 9.17) is 5.11 Å². The molecule has 1 aliphatic rings. The van der Waals surface area contributed by atoms with E-state index in [2.05, 4.69) is 30.0 Å². The van der Waals surface area contributed by atoms with E-state index >= 15 is 0 Å².